The molecular formula is C9H11N7O2. The van der Waals surface area contributed by atoms with Crippen LogP contribution in [0.1, 0.15) is 6.92 Å². The van der Waals surface area contributed by atoms with Crippen LogP contribution in [0.15, 0.2) is 18.7 Å². The van der Waals surface area contributed by atoms with Crippen LogP contribution in [0.3, 0.4) is 0 Å². The number of ether oxygens (including phenoxy) is 1. The molecule has 0 aliphatic carbocycles. The lowest BCUT2D eigenvalue weighted by molar-refractivity contribution is -0.116. The van der Waals surface area contributed by atoms with Gasteiger partial charge in [0.25, 0.3) is 0 Å². The Bertz CT molecular complexity index is 513. The monoisotopic (exact) mass is 249 g/mol. The molecule has 0 fully saturated rings. The smallest absolute Gasteiger partial charge is 0.247 e. The summed E-state index contributed by atoms with van der Waals surface area (Å²) >= 11 is 0. The van der Waals surface area contributed by atoms with Gasteiger partial charge in [0.05, 0.1) is 6.61 Å². The number of rotatable bonds is 5. The number of anilines is 1. The van der Waals surface area contributed by atoms with Crippen molar-refractivity contribution in [1.29, 1.82) is 0 Å². The van der Waals surface area contributed by atoms with Crippen LogP contribution < -0.4 is 10.1 Å². The van der Waals surface area contributed by atoms with Gasteiger partial charge >= 0.3 is 0 Å². The molecular weight excluding hydrogens is 238 g/mol. The number of amides is 1. The zero-order valence-electron chi connectivity index (χ0n) is 9.65. The van der Waals surface area contributed by atoms with Crippen molar-refractivity contribution in [2.75, 3.05) is 11.9 Å². The van der Waals surface area contributed by atoms with Crippen LogP contribution in [0.4, 0.5) is 5.82 Å². The second kappa shape index (κ2) is 5.66. The molecule has 0 atom stereocenters. The van der Waals surface area contributed by atoms with Gasteiger partial charge in [-0.1, -0.05) is 0 Å². The summed E-state index contributed by atoms with van der Waals surface area (Å²) in [6.07, 6.45) is 2.67. The molecule has 18 heavy (non-hydrogen) atoms. The maximum absolute atomic E-state index is 11.6. The summed E-state index contributed by atoms with van der Waals surface area (Å²) in [5.41, 5.74) is 0. The highest BCUT2D eigenvalue weighted by molar-refractivity contribution is 5.89. The fourth-order valence-electron chi connectivity index (χ4n) is 1.22. The Morgan fingerprint density at radius 2 is 2.39 bits per heavy atom. The summed E-state index contributed by atoms with van der Waals surface area (Å²) in [6.45, 7) is 2.36. The Hall–Kier alpha value is -2.58. The number of carbonyl (C=O) groups is 1. The molecule has 1 N–H and O–H groups in total. The van der Waals surface area contributed by atoms with Crippen LogP contribution >= 0.6 is 0 Å². The van der Waals surface area contributed by atoms with Gasteiger partial charge < -0.3 is 10.1 Å². The summed E-state index contributed by atoms with van der Waals surface area (Å²) in [7, 11) is 0. The number of tetrazole rings is 1. The maximum Gasteiger partial charge on any atom is 0.247 e. The van der Waals surface area contributed by atoms with Gasteiger partial charge in [-0.05, 0) is 17.4 Å². The quantitative estimate of drug-likeness (QED) is 0.760. The number of hydrogen-bond acceptors (Lipinski definition) is 7. The molecule has 0 saturated heterocycles. The van der Waals surface area contributed by atoms with Crippen LogP contribution in [-0.4, -0.2) is 42.7 Å². The van der Waals surface area contributed by atoms with Crippen LogP contribution in [0, 0.1) is 0 Å². The van der Waals surface area contributed by atoms with E-state index in [2.05, 4.69) is 30.8 Å². The number of hydrogen-bond donors (Lipinski definition) is 1. The van der Waals surface area contributed by atoms with E-state index in [0.29, 0.717) is 18.3 Å². The van der Waals surface area contributed by atoms with Crippen molar-refractivity contribution in [1.82, 2.24) is 30.2 Å². The maximum atomic E-state index is 11.6. The third kappa shape index (κ3) is 3.20. The van der Waals surface area contributed by atoms with E-state index in [1.165, 1.54) is 17.3 Å². The molecule has 0 radical (unpaired) electrons. The van der Waals surface area contributed by atoms with Crippen molar-refractivity contribution in [3.63, 3.8) is 0 Å². The molecule has 2 rings (SSSR count). The third-order valence-corrected chi connectivity index (χ3v) is 1.90. The summed E-state index contributed by atoms with van der Waals surface area (Å²) in [6, 6.07) is 1.54. The molecule has 2 aromatic heterocycles. The van der Waals surface area contributed by atoms with E-state index in [4.69, 9.17) is 4.74 Å². The summed E-state index contributed by atoms with van der Waals surface area (Å²) < 4.78 is 6.50. The molecule has 1 amide bonds. The van der Waals surface area contributed by atoms with E-state index in [9.17, 15) is 4.79 Å². The standard InChI is InChI=1S/C9H11N7O2/c1-2-18-9-3-7(10-5-11-9)13-8(17)4-16-6-12-14-15-16/h3,5-6H,2,4H2,1H3,(H,10,11,13,17). The van der Waals surface area contributed by atoms with Crippen molar-refractivity contribution < 1.29 is 9.53 Å². The van der Waals surface area contributed by atoms with Crippen molar-refractivity contribution >= 4 is 11.7 Å². The molecule has 0 unspecified atom stereocenters. The lowest BCUT2D eigenvalue weighted by Crippen LogP contribution is -2.19. The fourth-order valence-corrected chi connectivity index (χ4v) is 1.22. The third-order valence-electron chi connectivity index (χ3n) is 1.90. The molecule has 9 nitrogen and oxygen atoms in total. The Kier molecular flexibility index (Phi) is 3.74. The molecule has 0 aliphatic heterocycles. The Balaban J connectivity index is 1.96. The first-order valence-corrected chi connectivity index (χ1v) is 5.23. The first kappa shape index (κ1) is 11.9. The average Bonchev–Trinajstić information content (AvgIpc) is 2.82. The number of aromatic nitrogens is 6. The van der Waals surface area contributed by atoms with Gasteiger partial charge in [-0.15, -0.1) is 5.10 Å². The van der Waals surface area contributed by atoms with E-state index >= 15 is 0 Å². The Labute approximate surface area is 102 Å². The van der Waals surface area contributed by atoms with Gasteiger partial charge in [0.2, 0.25) is 11.8 Å². The van der Waals surface area contributed by atoms with Crippen molar-refractivity contribution in [2.45, 2.75) is 13.5 Å². The van der Waals surface area contributed by atoms with E-state index in [0.717, 1.165) is 0 Å². The van der Waals surface area contributed by atoms with Crippen molar-refractivity contribution in [3.05, 3.63) is 18.7 Å². The van der Waals surface area contributed by atoms with Crippen molar-refractivity contribution in [2.24, 2.45) is 0 Å². The number of carbonyl (C=O) groups excluding carboxylic acids is 1. The van der Waals surface area contributed by atoms with Crippen LogP contribution in [0.2, 0.25) is 0 Å². The lowest BCUT2D eigenvalue weighted by atomic mass is 10.5. The van der Waals surface area contributed by atoms with Crippen molar-refractivity contribution in [3.8, 4) is 5.88 Å². The van der Waals surface area contributed by atoms with E-state index in [-0.39, 0.29) is 12.5 Å². The van der Waals surface area contributed by atoms with Gasteiger partial charge in [-0.25, -0.2) is 14.6 Å². The molecule has 0 aromatic carbocycles. The van der Waals surface area contributed by atoms with E-state index < -0.39 is 0 Å². The summed E-state index contributed by atoms with van der Waals surface area (Å²) in [4.78, 5) is 19.4. The molecule has 2 heterocycles. The molecule has 9 heteroatoms. The van der Waals surface area contributed by atoms with Gasteiger partial charge in [0.15, 0.2) is 0 Å². The topological polar surface area (TPSA) is 108 Å². The normalized spacial score (nSPS) is 10.1. The van der Waals surface area contributed by atoms with Gasteiger partial charge in [-0.2, -0.15) is 0 Å². The first-order chi connectivity index (χ1) is 8.78. The second-order valence-corrected chi connectivity index (χ2v) is 3.23. The van der Waals surface area contributed by atoms with Gasteiger partial charge in [-0.3, -0.25) is 4.79 Å². The number of nitrogens with one attached hydrogen (secondary N) is 1. The molecule has 0 saturated carbocycles. The lowest BCUT2D eigenvalue weighted by Gasteiger charge is -2.05. The van der Waals surface area contributed by atoms with Gasteiger partial charge in [0.1, 0.15) is 25.0 Å². The molecule has 0 spiro atoms. The minimum Gasteiger partial charge on any atom is -0.478 e. The van der Waals surface area contributed by atoms with E-state index in [1.807, 2.05) is 6.92 Å². The second-order valence-electron chi connectivity index (χ2n) is 3.23. The highest BCUT2D eigenvalue weighted by Crippen LogP contribution is 2.10. The molecule has 0 aliphatic rings. The summed E-state index contributed by atoms with van der Waals surface area (Å²) in [5.74, 6) is 0.486. The zero-order chi connectivity index (χ0) is 12.8. The fraction of sp³-hybridized carbons (Fsp3) is 0.333. The highest BCUT2D eigenvalue weighted by Gasteiger charge is 2.06. The molecule has 94 valence electrons. The van der Waals surface area contributed by atoms with Gasteiger partial charge in [0, 0.05) is 6.07 Å². The SMILES string of the molecule is CCOc1cc(NC(=O)Cn2cnnn2)ncn1. The summed E-state index contributed by atoms with van der Waals surface area (Å²) in [5, 5.41) is 13.0. The highest BCUT2D eigenvalue weighted by atomic mass is 16.5. The molecule has 2 aromatic rings. The predicted octanol–water partition coefficient (Wildman–Crippen LogP) is -0.500. The predicted molar refractivity (Wildman–Crippen MR) is 59.6 cm³/mol. The average molecular weight is 249 g/mol. The number of nitrogens with zero attached hydrogens (tertiary/aromatic N) is 6. The first-order valence-electron chi connectivity index (χ1n) is 5.23. The largest absolute Gasteiger partial charge is 0.478 e. The minimum absolute atomic E-state index is 0.0149. The van der Waals surface area contributed by atoms with Crippen LogP contribution in [-0.2, 0) is 11.3 Å². The Morgan fingerprint density at radius 3 is 3.11 bits per heavy atom. The Morgan fingerprint density at radius 1 is 1.50 bits per heavy atom. The van der Waals surface area contributed by atoms with Crippen LogP contribution in [0.25, 0.3) is 0 Å². The zero-order valence-corrected chi connectivity index (χ0v) is 9.65. The molecule has 0 bridgehead atoms. The van der Waals surface area contributed by atoms with E-state index in [1.54, 1.807) is 6.07 Å². The van der Waals surface area contributed by atoms with Crippen LogP contribution in [0.5, 0.6) is 5.88 Å². The minimum atomic E-state index is -0.288.